The van der Waals surface area contributed by atoms with Gasteiger partial charge in [-0.2, -0.15) is 0 Å². The summed E-state index contributed by atoms with van der Waals surface area (Å²) >= 11 is 4.10. The molecule has 3 N–H and O–H groups in total. The molecule has 0 saturated carbocycles. The van der Waals surface area contributed by atoms with Crippen molar-refractivity contribution in [2.45, 2.75) is 25.8 Å². The zero-order valence-electron chi connectivity index (χ0n) is 14.5. The Balaban J connectivity index is 1.96. The number of carbonyl (C=O) groups excluding carboxylic acids is 2. The van der Waals surface area contributed by atoms with Gasteiger partial charge in [-0.3, -0.25) is 4.79 Å². The van der Waals surface area contributed by atoms with Crippen molar-refractivity contribution in [1.29, 1.82) is 0 Å². The monoisotopic (exact) mass is 595 g/mol. The van der Waals surface area contributed by atoms with Gasteiger partial charge in [-0.1, -0.05) is 12.1 Å². The third-order valence-corrected chi connectivity index (χ3v) is 5.39. The fourth-order valence-corrected chi connectivity index (χ4v) is 4.34. The van der Waals surface area contributed by atoms with E-state index in [0.717, 1.165) is 18.3 Å². The van der Waals surface area contributed by atoms with Crippen LogP contribution >= 0.6 is 45.2 Å². The summed E-state index contributed by atoms with van der Waals surface area (Å²) < 4.78 is 6.82. The fourth-order valence-electron chi connectivity index (χ4n) is 2.44. The van der Waals surface area contributed by atoms with Crippen molar-refractivity contribution in [3.8, 4) is 11.5 Å². The third-order valence-electron chi connectivity index (χ3n) is 3.75. The number of hydrogen-bond donors (Lipinski definition) is 3. The number of halogens is 2. The van der Waals surface area contributed by atoms with E-state index in [-0.39, 0.29) is 30.4 Å². The summed E-state index contributed by atoms with van der Waals surface area (Å²) in [5.74, 6) is -0.452. The van der Waals surface area contributed by atoms with Crippen molar-refractivity contribution in [2.75, 3.05) is 6.61 Å². The van der Waals surface area contributed by atoms with Gasteiger partial charge in [0.2, 0.25) is 5.91 Å². The van der Waals surface area contributed by atoms with E-state index >= 15 is 0 Å². The molecule has 6 nitrogen and oxygen atoms in total. The molecule has 0 aliphatic heterocycles. The molecule has 0 spiro atoms. The molecule has 2 rings (SSSR count). The molecule has 0 aliphatic rings. The Bertz CT molecular complexity index is 800. The molecule has 1 amide bonds. The summed E-state index contributed by atoms with van der Waals surface area (Å²) in [7, 11) is 0. The highest BCUT2D eigenvalue weighted by atomic mass is 127. The van der Waals surface area contributed by atoms with E-state index in [4.69, 9.17) is 4.74 Å². The van der Waals surface area contributed by atoms with Crippen molar-refractivity contribution in [2.24, 2.45) is 0 Å². The molecule has 1 unspecified atom stereocenters. The first kappa shape index (κ1) is 21.7. The Kier molecular flexibility index (Phi) is 8.14. The number of nitrogens with one attached hydrogen (secondary N) is 1. The molecule has 0 bridgehead atoms. The van der Waals surface area contributed by atoms with Crippen LogP contribution in [0.3, 0.4) is 0 Å². The van der Waals surface area contributed by atoms with Crippen molar-refractivity contribution in [3.05, 3.63) is 54.7 Å². The smallest absolute Gasteiger partial charge is 0.328 e. The number of amides is 1. The lowest BCUT2D eigenvalue weighted by Gasteiger charge is -2.17. The second kappa shape index (κ2) is 10.1. The van der Waals surface area contributed by atoms with Gasteiger partial charge in [0.1, 0.15) is 17.5 Å². The van der Waals surface area contributed by atoms with Gasteiger partial charge in [-0.25, -0.2) is 4.79 Å². The predicted molar refractivity (Wildman–Crippen MR) is 118 cm³/mol. The van der Waals surface area contributed by atoms with Crippen LogP contribution in [0.5, 0.6) is 11.5 Å². The molecule has 8 heteroatoms. The second-order valence-electron chi connectivity index (χ2n) is 5.95. The van der Waals surface area contributed by atoms with Crippen LogP contribution in [-0.4, -0.2) is 34.7 Å². The Morgan fingerprint density at radius 2 is 1.67 bits per heavy atom. The van der Waals surface area contributed by atoms with Crippen LogP contribution in [0.4, 0.5) is 0 Å². The lowest BCUT2D eigenvalue weighted by Crippen LogP contribution is -2.42. The second-order valence-corrected chi connectivity index (χ2v) is 8.27. The Morgan fingerprint density at radius 3 is 2.22 bits per heavy atom. The lowest BCUT2D eigenvalue weighted by atomic mass is 10.1. The summed E-state index contributed by atoms with van der Waals surface area (Å²) in [6, 6.07) is 9.32. The molecule has 144 valence electrons. The zero-order valence-corrected chi connectivity index (χ0v) is 18.9. The SMILES string of the molecule is CC(=O)NC(Cc1ccc(O)cc1)C(=O)OCCc1cc(I)c(O)c(I)c1. The van der Waals surface area contributed by atoms with Crippen molar-refractivity contribution in [1.82, 2.24) is 5.32 Å². The topological polar surface area (TPSA) is 95.9 Å². The average Bonchev–Trinajstić information content (AvgIpc) is 2.60. The van der Waals surface area contributed by atoms with Crippen LogP contribution in [-0.2, 0) is 27.2 Å². The number of rotatable bonds is 7. The van der Waals surface area contributed by atoms with E-state index in [2.05, 4.69) is 50.5 Å². The van der Waals surface area contributed by atoms with E-state index in [9.17, 15) is 19.8 Å². The standard InChI is InChI=1S/C19H19I2NO5/c1-11(23)22-17(10-12-2-4-14(24)5-3-12)19(26)27-7-6-13-8-15(20)18(25)16(21)9-13/h2-5,8-9,17,24-25H,6-7,10H2,1H3,(H,22,23). The minimum atomic E-state index is -0.799. The Morgan fingerprint density at radius 1 is 1.07 bits per heavy atom. The van der Waals surface area contributed by atoms with Gasteiger partial charge in [0.25, 0.3) is 0 Å². The number of ether oxygens (including phenoxy) is 1. The largest absolute Gasteiger partial charge is 0.508 e. The Labute approximate surface area is 184 Å². The number of aromatic hydroxyl groups is 2. The van der Waals surface area contributed by atoms with E-state index in [0.29, 0.717) is 6.42 Å². The summed E-state index contributed by atoms with van der Waals surface area (Å²) in [6.07, 6.45) is 0.776. The molecule has 1 atom stereocenters. The first-order chi connectivity index (χ1) is 12.8. The molecule has 2 aromatic carbocycles. The van der Waals surface area contributed by atoms with Gasteiger partial charge in [0.15, 0.2) is 0 Å². The number of hydrogen-bond acceptors (Lipinski definition) is 5. The van der Waals surface area contributed by atoms with Crippen LogP contribution < -0.4 is 5.32 Å². The minimum absolute atomic E-state index is 0.135. The van der Waals surface area contributed by atoms with Crippen LogP contribution in [0.25, 0.3) is 0 Å². The van der Waals surface area contributed by atoms with Gasteiger partial charge in [-0.15, -0.1) is 0 Å². The first-order valence-electron chi connectivity index (χ1n) is 8.14. The molecule has 0 heterocycles. The van der Waals surface area contributed by atoms with E-state index in [1.54, 1.807) is 12.1 Å². The van der Waals surface area contributed by atoms with Crippen molar-refractivity contribution in [3.63, 3.8) is 0 Å². The molecule has 0 aliphatic carbocycles. The van der Waals surface area contributed by atoms with Gasteiger partial charge in [0, 0.05) is 19.8 Å². The normalized spacial score (nSPS) is 11.7. The molecule has 27 heavy (non-hydrogen) atoms. The summed E-state index contributed by atoms with van der Waals surface area (Å²) in [5.41, 5.74) is 1.75. The van der Waals surface area contributed by atoms with Gasteiger partial charge in [0.05, 0.1) is 13.7 Å². The predicted octanol–water partition coefficient (Wildman–Crippen LogP) is 3.14. The van der Waals surface area contributed by atoms with Crippen molar-refractivity contribution < 1.29 is 24.5 Å². The highest BCUT2D eigenvalue weighted by Gasteiger charge is 2.21. The van der Waals surface area contributed by atoms with Crippen LogP contribution in [0.1, 0.15) is 18.1 Å². The van der Waals surface area contributed by atoms with Crippen LogP contribution in [0, 0.1) is 7.14 Å². The molecular weight excluding hydrogens is 576 g/mol. The molecule has 0 aromatic heterocycles. The molecule has 0 fully saturated rings. The average molecular weight is 595 g/mol. The van der Waals surface area contributed by atoms with E-state index in [1.807, 2.05) is 12.1 Å². The van der Waals surface area contributed by atoms with Gasteiger partial charge < -0.3 is 20.3 Å². The lowest BCUT2D eigenvalue weighted by molar-refractivity contribution is -0.147. The van der Waals surface area contributed by atoms with E-state index in [1.165, 1.54) is 19.1 Å². The van der Waals surface area contributed by atoms with Crippen LogP contribution in [0.15, 0.2) is 36.4 Å². The summed E-state index contributed by atoms with van der Waals surface area (Å²) in [5, 5.41) is 21.8. The summed E-state index contributed by atoms with van der Waals surface area (Å²) in [4.78, 5) is 23.8. The molecule has 2 aromatic rings. The number of carbonyl (C=O) groups is 2. The maximum absolute atomic E-state index is 12.4. The maximum Gasteiger partial charge on any atom is 0.328 e. The quantitative estimate of drug-likeness (QED) is 0.338. The maximum atomic E-state index is 12.4. The first-order valence-corrected chi connectivity index (χ1v) is 10.3. The molecule has 0 saturated heterocycles. The molecule has 0 radical (unpaired) electrons. The molecular formula is C19H19I2NO5. The van der Waals surface area contributed by atoms with E-state index < -0.39 is 12.0 Å². The highest BCUT2D eigenvalue weighted by Crippen LogP contribution is 2.27. The number of phenolic OH excluding ortho intramolecular Hbond substituents is 2. The summed E-state index contributed by atoms with van der Waals surface area (Å²) in [6.45, 7) is 1.51. The third kappa shape index (κ3) is 6.83. The minimum Gasteiger partial charge on any atom is -0.508 e. The number of benzene rings is 2. The van der Waals surface area contributed by atoms with Crippen LogP contribution in [0.2, 0.25) is 0 Å². The Hall–Kier alpha value is -1.56. The fraction of sp³-hybridized carbons (Fsp3) is 0.263. The number of esters is 1. The zero-order chi connectivity index (χ0) is 20.0. The number of phenols is 2. The van der Waals surface area contributed by atoms with Gasteiger partial charge in [-0.05, 0) is 80.6 Å². The highest BCUT2D eigenvalue weighted by molar-refractivity contribution is 14.1. The van der Waals surface area contributed by atoms with Crippen molar-refractivity contribution >= 4 is 57.1 Å². The van der Waals surface area contributed by atoms with Gasteiger partial charge >= 0.3 is 5.97 Å².